The monoisotopic (exact) mass is 588 g/mol. The molecule has 6 heteroatoms. The van der Waals surface area contributed by atoms with Crippen LogP contribution < -0.4 is 5.32 Å². The molecule has 43 heavy (non-hydrogen) atoms. The van der Waals surface area contributed by atoms with Crippen LogP contribution in [0.25, 0.3) is 0 Å². The first-order chi connectivity index (χ1) is 20.0. The molecule has 0 unspecified atom stereocenters. The molecule has 0 bridgehead atoms. The van der Waals surface area contributed by atoms with Crippen LogP contribution in [-0.2, 0) is 19.1 Å². The van der Waals surface area contributed by atoms with E-state index >= 15 is 0 Å². The van der Waals surface area contributed by atoms with Gasteiger partial charge in [-0.15, -0.1) is 0 Å². The molecule has 6 nitrogen and oxygen atoms in total. The predicted octanol–water partition coefficient (Wildman–Crippen LogP) is 7.93. The summed E-state index contributed by atoms with van der Waals surface area (Å²) < 4.78 is 5.87. The molecule has 1 aromatic heterocycles. The van der Waals surface area contributed by atoms with Crippen molar-refractivity contribution in [2.45, 2.75) is 119 Å². The lowest BCUT2D eigenvalue weighted by atomic mass is 9.33. The van der Waals surface area contributed by atoms with Crippen LogP contribution in [0.4, 0.5) is 5.82 Å². The van der Waals surface area contributed by atoms with E-state index in [0.717, 1.165) is 57.8 Å². The van der Waals surface area contributed by atoms with E-state index in [-0.39, 0.29) is 56.9 Å². The van der Waals surface area contributed by atoms with Crippen LogP contribution in [0.3, 0.4) is 0 Å². The highest BCUT2D eigenvalue weighted by Gasteiger charge is 2.70. The van der Waals surface area contributed by atoms with Crippen molar-refractivity contribution < 1.29 is 19.1 Å². The van der Waals surface area contributed by atoms with Crippen molar-refractivity contribution in [3.8, 4) is 0 Å². The van der Waals surface area contributed by atoms with E-state index in [4.69, 9.17) is 4.74 Å². The average molecular weight is 589 g/mol. The number of anilines is 1. The predicted molar refractivity (Wildman–Crippen MR) is 168 cm³/mol. The van der Waals surface area contributed by atoms with Crippen LogP contribution in [-0.4, -0.2) is 28.7 Å². The third kappa shape index (κ3) is 4.31. The number of allylic oxidation sites excluding steroid dienone is 2. The third-order valence-electron chi connectivity index (χ3n) is 14.3. The molecule has 4 saturated carbocycles. The second-order valence-electron chi connectivity index (χ2n) is 16.9. The van der Waals surface area contributed by atoms with Gasteiger partial charge in [0.05, 0.1) is 0 Å². The number of hydrogen-bond donors (Lipinski definition) is 1. The molecule has 1 aromatic rings. The molecule has 0 aromatic carbocycles. The number of pyridine rings is 1. The van der Waals surface area contributed by atoms with Crippen LogP contribution in [0.1, 0.15) is 113 Å². The summed E-state index contributed by atoms with van der Waals surface area (Å²) in [6.45, 7) is 17.8. The van der Waals surface area contributed by atoms with Gasteiger partial charge in [-0.05, 0) is 109 Å². The van der Waals surface area contributed by atoms with Crippen molar-refractivity contribution in [1.29, 1.82) is 0 Å². The van der Waals surface area contributed by atoms with Gasteiger partial charge in [0.2, 0.25) is 5.91 Å². The molecule has 1 heterocycles. The molecule has 4 fully saturated rings. The fourth-order valence-electron chi connectivity index (χ4n) is 11.5. The van der Waals surface area contributed by atoms with E-state index in [1.54, 1.807) is 6.20 Å². The average Bonchev–Trinajstić information content (AvgIpc) is 2.93. The van der Waals surface area contributed by atoms with Gasteiger partial charge in [0, 0.05) is 29.9 Å². The number of ether oxygens (including phenoxy) is 1. The number of ketones is 1. The fourth-order valence-corrected chi connectivity index (χ4v) is 11.5. The number of hydrogen-bond acceptors (Lipinski definition) is 5. The minimum absolute atomic E-state index is 0.0344. The van der Waals surface area contributed by atoms with Crippen molar-refractivity contribution in [2.24, 2.45) is 50.2 Å². The number of carbonyl (C=O) groups excluding carboxylic acids is 3. The Labute approximate surface area is 258 Å². The van der Waals surface area contributed by atoms with E-state index < -0.39 is 5.41 Å². The zero-order valence-electron chi connectivity index (χ0n) is 27.6. The molecule has 0 radical (unpaired) electrons. The van der Waals surface area contributed by atoms with Gasteiger partial charge in [0.25, 0.3) is 0 Å². The summed E-state index contributed by atoms with van der Waals surface area (Å²) in [5.41, 5.74) is 0.277. The standard InChI is InChI=1S/C37H52N2O4/c1-23(40)43-28-13-14-35(6)27(32(28,2)3)12-15-37(8)30(35)26(41)21-24-25-22-34(5,31(42)39-29-11-9-10-20-38-29)17-16-33(25,4)18-19-36(24,37)7/h9-11,20-21,25,27-28,30H,12-19,22H2,1-8H3,(H,38,39,42)/t25-,27-,28-,30-,33-,34+,35-,36+,37-/m1/s1. The minimum Gasteiger partial charge on any atom is -0.462 e. The largest absolute Gasteiger partial charge is 0.462 e. The van der Waals surface area contributed by atoms with E-state index in [2.05, 4.69) is 64.8 Å². The number of esters is 1. The van der Waals surface area contributed by atoms with Gasteiger partial charge >= 0.3 is 5.97 Å². The van der Waals surface area contributed by atoms with Gasteiger partial charge in [-0.25, -0.2) is 4.98 Å². The molecule has 0 saturated heterocycles. The molecule has 1 amide bonds. The number of carbonyl (C=O) groups is 3. The molecular formula is C37H52N2O4. The van der Waals surface area contributed by atoms with Gasteiger partial charge in [-0.1, -0.05) is 60.1 Å². The lowest BCUT2D eigenvalue weighted by molar-refractivity contribution is -0.210. The van der Waals surface area contributed by atoms with Crippen LogP contribution in [0.2, 0.25) is 0 Å². The zero-order chi connectivity index (χ0) is 31.2. The van der Waals surface area contributed by atoms with Crippen LogP contribution in [0.5, 0.6) is 0 Å². The molecule has 234 valence electrons. The number of nitrogens with one attached hydrogen (secondary N) is 1. The number of amides is 1. The number of rotatable bonds is 3. The van der Waals surface area contributed by atoms with Crippen LogP contribution in [0, 0.1) is 50.2 Å². The number of fused-ring (bicyclic) bond motifs is 7. The Morgan fingerprint density at radius 2 is 1.65 bits per heavy atom. The van der Waals surface area contributed by atoms with Gasteiger partial charge in [-0.2, -0.15) is 0 Å². The summed E-state index contributed by atoms with van der Waals surface area (Å²) in [4.78, 5) is 44.7. The first-order valence-electron chi connectivity index (χ1n) is 16.7. The van der Waals surface area contributed by atoms with Crippen LogP contribution in [0.15, 0.2) is 36.0 Å². The Hall–Kier alpha value is -2.50. The second-order valence-corrected chi connectivity index (χ2v) is 16.9. The van der Waals surface area contributed by atoms with E-state index in [9.17, 15) is 14.4 Å². The lowest BCUT2D eigenvalue weighted by Crippen LogP contribution is -2.66. The lowest BCUT2D eigenvalue weighted by Gasteiger charge is -2.70. The summed E-state index contributed by atoms with van der Waals surface area (Å²) in [6, 6.07) is 5.59. The van der Waals surface area contributed by atoms with Crippen LogP contribution >= 0.6 is 0 Å². The molecule has 1 N–H and O–H groups in total. The fraction of sp³-hybridized carbons (Fsp3) is 0.730. The maximum absolute atomic E-state index is 14.6. The maximum Gasteiger partial charge on any atom is 0.302 e. The summed E-state index contributed by atoms with van der Waals surface area (Å²) in [7, 11) is 0. The minimum atomic E-state index is -0.523. The van der Waals surface area contributed by atoms with Gasteiger partial charge in [-0.3, -0.25) is 14.4 Å². The Kier molecular flexibility index (Phi) is 6.92. The quantitative estimate of drug-likeness (QED) is 0.363. The van der Waals surface area contributed by atoms with E-state index in [0.29, 0.717) is 17.5 Å². The van der Waals surface area contributed by atoms with E-state index in [1.807, 2.05) is 18.2 Å². The van der Waals surface area contributed by atoms with Crippen molar-refractivity contribution in [2.75, 3.05) is 5.32 Å². The molecule has 9 atom stereocenters. The Balaban J connectivity index is 1.36. The summed E-state index contributed by atoms with van der Waals surface area (Å²) in [6.07, 6.45) is 12.2. The highest BCUT2D eigenvalue weighted by molar-refractivity contribution is 5.96. The zero-order valence-corrected chi connectivity index (χ0v) is 27.6. The first-order valence-corrected chi connectivity index (χ1v) is 16.7. The Morgan fingerprint density at radius 3 is 2.33 bits per heavy atom. The van der Waals surface area contributed by atoms with Gasteiger partial charge in [0.15, 0.2) is 5.78 Å². The topological polar surface area (TPSA) is 85.4 Å². The molecule has 5 aliphatic rings. The van der Waals surface area contributed by atoms with Crippen molar-refractivity contribution in [3.05, 3.63) is 36.0 Å². The molecule has 0 spiro atoms. The summed E-state index contributed by atoms with van der Waals surface area (Å²) in [5.74, 6) is 1.15. The highest BCUT2D eigenvalue weighted by Crippen LogP contribution is 2.75. The van der Waals surface area contributed by atoms with Gasteiger partial charge in [0.1, 0.15) is 11.9 Å². The molecular weight excluding hydrogens is 536 g/mol. The highest BCUT2D eigenvalue weighted by atomic mass is 16.5. The van der Waals surface area contributed by atoms with Crippen molar-refractivity contribution in [1.82, 2.24) is 4.98 Å². The summed E-state index contributed by atoms with van der Waals surface area (Å²) in [5, 5.41) is 3.09. The summed E-state index contributed by atoms with van der Waals surface area (Å²) >= 11 is 0. The first kappa shape index (κ1) is 30.5. The molecule has 0 aliphatic heterocycles. The number of aromatic nitrogens is 1. The maximum atomic E-state index is 14.6. The Morgan fingerprint density at radius 1 is 0.930 bits per heavy atom. The third-order valence-corrected chi connectivity index (χ3v) is 14.3. The van der Waals surface area contributed by atoms with E-state index in [1.165, 1.54) is 12.5 Å². The molecule has 5 aliphatic carbocycles. The Bertz CT molecular complexity index is 1370. The second kappa shape index (κ2) is 9.75. The normalized spacial score (nSPS) is 44.9. The van der Waals surface area contributed by atoms with Crippen molar-refractivity contribution >= 4 is 23.5 Å². The van der Waals surface area contributed by atoms with Gasteiger partial charge < -0.3 is 10.1 Å². The van der Waals surface area contributed by atoms with Crippen molar-refractivity contribution in [3.63, 3.8) is 0 Å². The smallest absolute Gasteiger partial charge is 0.302 e. The molecule has 6 rings (SSSR count). The number of nitrogens with zero attached hydrogens (tertiary/aromatic N) is 1. The SMILES string of the molecule is CC(=O)O[C@@H]1CC[C@]2(C)[C@H](CC[C@]3(C)[C@@H]2C(=O)C=C2[C@H]4C[C@@](C)(C(=O)Nc5ccccn5)CC[C@]4(C)CC[C@@]23C)C1(C)C.